The summed E-state index contributed by atoms with van der Waals surface area (Å²) in [5.41, 5.74) is 1.83. The third-order valence-corrected chi connectivity index (χ3v) is 2.71. The van der Waals surface area contributed by atoms with E-state index in [2.05, 4.69) is 0 Å². The fourth-order valence-corrected chi connectivity index (χ4v) is 1.76. The Hall–Kier alpha value is -2.22. The van der Waals surface area contributed by atoms with Crippen molar-refractivity contribution in [1.82, 2.24) is 0 Å². The molecule has 0 amide bonds. The molecule has 1 nitrogen and oxygen atoms in total. The smallest absolute Gasteiger partial charge is 0.150 e. The summed E-state index contributed by atoms with van der Waals surface area (Å²) in [6, 6.07) is 16.1. The van der Waals surface area contributed by atoms with Gasteiger partial charge in [0.25, 0.3) is 0 Å². The molecule has 0 unspecified atom stereocenters. The van der Waals surface area contributed by atoms with Crippen LogP contribution in [0.1, 0.15) is 11.1 Å². The van der Waals surface area contributed by atoms with E-state index in [9.17, 15) is 9.18 Å². The molecule has 0 aliphatic carbocycles. The summed E-state index contributed by atoms with van der Waals surface area (Å²) in [6.07, 6.45) is 3.06. The van der Waals surface area contributed by atoms with Crippen LogP contribution in [-0.4, -0.2) is 6.29 Å². The van der Waals surface area contributed by atoms with Crippen molar-refractivity contribution >= 4 is 11.9 Å². The molecule has 18 heavy (non-hydrogen) atoms. The van der Waals surface area contributed by atoms with Crippen molar-refractivity contribution in [3.63, 3.8) is 0 Å². The molecule has 0 spiro atoms. The Bertz CT molecular complexity index is 558. The molecule has 0 atom stereocenters. The van der Waals surface area contributed by atoms with E-state index in [1.165, 1.54) is 6.07 Å². The largest absolute Gasteiger partial charge is 0.298 e. The SMILES string of the molecule is O=CC(=CCc1ccccc1)c1ccccc1F. The van der Waals surface area contributed by atoms with Gasteiger partial charge in [0.05, 0.1) is 0 Å². The van der Waals surface area contributed by atoms with Crippen LogP contribution >= 0.6 is 0 Å². The normalized spacial score (nSPS) is 11.3. The molecule has 2 aromatic rings. The predicted octanol–water partition coefficient (Wildman–Crippen LogP) is 3.65. The highest BCUT2D eigenvalue weighted by Crippen LogP contribution is 2.17. The lowest BCUT2D eigenvalue weighted by molar-refractivity contribution is -0.103. The van der Waals surface area contributed by atoms with Gasteiger partial charge < -0.3 is 0 Å². The van der Waals surface area contributed by atoms with E-state index < -0.39 is 0 Å². The molecule has 0 saturated heterocycles. The first-order valence-corrected chi connectivity index (χ1v) is 5.75. The van der Waals surface area contributed by atoms with Gasteiger partial charge in [0.15, 0.2) is 0 Å². The number of carbonyl (C=O) groups is 1. The van der Waals surface area contributed by atoms with Gasteiger partial charge in [-0.3, -0.25) is 4.79 Å². The molecule has 0 N–H and O–H groups in total. The lowest BCUT2D eigenvalue weighted by atomic mass is 10.0. The fourth-order valence-electron chi connectivity index (χ4n) is 1.76. The zero-order chi connectivity index (χ0) is 12.8. The van der Waals surface area contributed by atoms with Crippen LogP contribution in [0, 0.1) is 5.82 Å². The van der Waals surface area contributed by atoms with Gasteiger partial charge in [0.2, 0.25) is 0 Å². The molecule has 0 aliphatic heterocycles. The molecule has 0 fully saturated rings. The second-order valence-corrected chi connectivity index (χ2v) is 3.95. The van der Waals surface area contributed by atoms with Gasteiger partial charge in [-0.15, -0.1) is 0 Å². The van der Waals surface area contributed by atoms with Crippen molar-refractivity contribution in [1.29, 1.82) is 0 Å². The first-order chi connectivity index (χ1) is 8.81. The van der Waals surface area contributed by atoms with Gasteiger partial charge in [0.1, 0.15) is 12.1 Å². The van der Waals surface area contributed by atoms with E-state index in [1.54, 1.807) is 24.3 Å². The zero-order valence-electron chi connectivity index (χ0n) is 9.84. The van der Waals surface area contributed by atoms with Gasteiger partial charge in [-0.05, 0) is 18.1 Å². The first kappa shape index (κ1) is 12.2. The number of halogens is 1. The van der Waals surface area contributed by atoms with Crippen LogP contribution < -0.4 is 0 Å². The molecular formula is C16H13FO. The lowest BCUT2D eigenvalue weighted by Gasteiger charge is -2.02. The standard InChI is InChI=1S/C16H13FO/c17-16-9-5-4-8-15(16)14(12-18)11-10-13-6-2-1-3-7-13/h1-9,11-12H,10H2. The van der Waals surface area contributed by atoms with Crippen molar-refractivity contribution in [2.24, 2.45) is 0 Å². The van der Waals surface area contributed by atoms with Crippen LogP contribution in [0.15, 0.2) is 60.7 Å². The van der Waals surface area contributed by atoms with Crippen LogP contribution in [0.25, 0.3) is 5.57 Å². The minimum absolute atomic E-state index is 0.350. The molecule has 2 aromatic carbocycles. The molecule has 0 aliphatic rings. The molecule has 2 heteroatoms. The van der Waals surface area contributed by atoms with Gasteiger partial charge in [-0.25, -0.2) is 4.39 Å². The Morgan fingerprint density at radius 1 is 1.00 bits per heavy atom. The fraction of sp³-hybridized carbons (Fsp3) is 0.0625. The highest BCUT2D eigenvalue weighted by Gasteiger charge is 2.05. The summed E-state index contributed by atoms with van der Waals surface area (Å²) in [5.74, 6) is -0.371. The molecule has 0 heterocycles. The maximum absolute atomic E-state index is 13.6. The van der Waals surface area contributed by atoms with Gasteiger partial charge >= 0.3 is 0 Å². The van der Waals surface area contributed by atoms with E-state index in [-0.39, 0.29) is 5.82 Å². The first-order valence-electron chi connectivity index (χ1n) is 5.75. The van der Waals surface area contributed by atoms with Crippen LogP contribution in [0.2, 0.25) is 0 Å². The summed E-state index contributed by atoms with van der Waals surface area (Å²) < 4.78 is 13.6. The highest BCUT2D eigenvalue weighted by molar-refractivity contribution is 6.06. The minimum Gasteiger partial charge on any atom is -0.298 e. The van der Waals surface area contributed by atoms with Crippen molar-refractivity contribution in [2.75, 3.05) is 0 Å². The number of hydrogen-bond donors (Lipinski definition) is 0. The topological polar surface area (TPSA) is 17.1 Å². The number of allylic oxidation sites excluding steroid dienone is 2. The van der Waals surface area contributed by atoms with E-state index in [0.717, 1.165) is 5.56 Å². The number of rotatable bonds is 4. The Kier molecular flexibility index (Phi) is 4.02. The molecule has 0 aromatic heterocycles. The minimum atomic E-state index is -0.371. The van der Waals surface area contributed by atoms with Crippen molar-refractivity contribution in [3.05, 3.63) is 77.6 Å². The summed E-state index contributed by atoms with van der Waals surface area (Å²) in [5, 5.41) is 0. The second-order valence-electron chi connectivity index (χ2n) is 3.95. The van der Waals surface area contributed by atoms with Crippen molar-refractivity contribution < 1.29 is 9.18 Å². The molecule has 2 rings (SSSR count). The van der Waals surface area contributed by atoms with Gasteiger partial charge in [0, 0.05) is 11.1 Å². The van der Waals surface area contributed by atoms with Crippen LogP contribution in [0.5, 0.6) is 0 Å². The highest BCUT2D eigenvalue weighted by atomic mass is 19.1. The van der Waals surface area contributed by atoms with Gasteiger partial charge in [-0.1, -0.05) is 54.6 Å². The Morgan fingerprint density at radius 2 is 1.67 bits per heavy atom. The van der Waals surface area contributed by atoms with E-state index in [4.69, 9.17) is 0 Å². The average Bonchev–Trinajstić information content (AvgIpc) is 2.42. The molecule has 0 bridgehead atoms. The molecular weight excluding hydrogens is 227 g/mol. The predicted molar refractivity (Wildman–Crippen MR) is 70.6 cm³/mol. The van der Waals surface area contributed by atoms with Gasteiger partial charge in [-0.2, -0.15) is 0 Å². The number of aldehydes is 1. The molecule has 90 valence electrons. The maximum atomic E-state index is 13.6. The monoisotopic (exact) mass is 240 g/mol. The van der Waals surface area contributed by atoms with E-state index >= 15 is 0 Å². The molecule has 0 radical (unpaired) electrons. The summed E-state index contributed by atoms with van der Waals surface area (Å²) >= 11 is 0. The second kappa shape index (κ2) is 5.92. The van der Waals surface area contributed by atoms with Crippen LogP contribution in [0.3, 0.4) is 0 Å². The van der Waals surface area contributed by atoms with Crippen LogP contribution in [-0.2, 0) is 11.2 Å². The Morgan fingerprint density at radius 3 is 2.33 bits per heavy atom. The number of hydrogen-bond acceptors (Lipinski definition) is 1. The summed E-state index contributed by atoms with van der Waals surface area (Å²) in [4.78, 5) is 11.0. The number of carbonyl (C=O) groups excluding carboxylic acids is 1. The third kappa shape index (κ3) is 2.92. The third-order valence-electron chi connectivity index (χ3n) is 2.71. The summed E-state index contributed by atoms with van der Waals surface area (Å²) in [6.45, 7) is 0. The Balaban J connectivity index is 2.24. The van der Waals surface area contributed by atoms with Crippen LogP contribution in [0.4, 0.5) is 4.39 Å². The quantitative estimate of drug-likeness (QED) is 0.589. The van der Waals surface area contributed by atoms with Crippen molar-refractivity contribution in [2.45, 2.75) is 6.42 Å². The Labute approximate surface area is 106 Å². The zero-order valence-corrected chi connectivity index (χ0v) is 9.84. The van der Waals surface area contributed by atoms with E-state index in [1.807, 2.05) is 30.3 Å². The average molecular weight is 240 g/mol. The summed E-state index contributed by atoms with van der Waals surface area (Å²) in [7, 11) is 0. The maximum Gasteiger partial charge on any atom is 0.150 e. The van der Waals surface area contributed by atoms with E-state index in [0.29, 0.717) is 23.8 Å². The lowest BCUT2D eigenvalue weighted by Crippen LogP contribution is -1.92. The van der Waals surface area contributed by atoms with Crippen molar-refractivity contribution in [3.8, 4) is 0 Å². The molecule has 0 saturated carbocycles. The number of benzene rings is 2.